The Hall–Kier alpha value is -2.57. The van der Waals surface area contributed by atoms with Crippen LogP contribution in [-0.2, 0) is 4.79 Å². The van der Waals surface area contributed by atoms with E-state index >= 15 is 0 Å². The van der Waals surface area contributed by atoms with Gasteiger partial charge in [0.2, 0.25) is 5.91 Å². The Morgan fingerprint density at radius 2 is 1.62 bits per heavy atom. The molecule has 4 amide bonds. The molecule has 142 valence electrons. The van der Waals surface area contributed by atoms with Crippen molar-refractivity contribution in [2.24, 2.45) is 0 Å². The van der Waals surface area contributed by atoms with E-state index in [1.165, 1.54) is 12.8 Å². The van der Waals surface area contributed by atoms with Gasteiger partial charge in [-0.3, -0.25) is 9.59 Å². The molecular formula is C19H28N4O3. The zero-order valence-electron chi connectivity index (χ0n) is 15.3. The van der Waals surface area contributed by atoms with Gasteiger partial charge in [0, 0.05) is 30.9 Å². The number of nitrogens with zero attached hydrogens (tertiary/aromatic N) is 1. The van der Waals surface area contributed by atoms with Gasteiger partial charge in [-0.05, 0) is 43.5 Å². The van der Waals surface area contributed by atoms with Gasteiger partial charge in [-0.2, -0.15) is 0 Å². The molecule has 26 heavy (non-hydrogen) atoms. The third-order valence-corrected chi connectivity index (χ3v) is 4.26. The van der Waals surface area contributed by atoms with Crippen LogP contribution in [0.1, 0.15) is 49.4 Å². The Morgan fingerprint density at radius 3 is 2.23 bits per heavy atom. The van der Waals surface area contributed by atoms with Crippen molar-refractivity contribution in [2.75, 3.05) is 31.5 Å². The summed E-state index contributed by atoms with van der Waals surface area (Å²) in [5, 5.41) is 7.84. The van der Waals surface area contributed by atoms with E-state index in [-0.39, 0.29) is 18.4 Å². The molecule has 1 saturated heterocycles. The van der Waals surface area contributed by atoms with Crippen molar-refractivity contribution in [1.82, 2.24) is 15.5 Å². The maximum atomic E-state index is 12.5. The lowest BCUT2D eigenvalue weighted by Gasteiger charge is -2.20. The molecule has 0 saturated carbocycles. The third kappa shape index (κ3) is 6.38. The predicted molar refractivity (Wildman–Crippen MR) is 101 cm³/mol. The van der Waals surface area contributed by atoms with Crippen molar-refractivity contribution in [3.05, 3.63) is 29.8 Å². The van der Waals surface area contributed by atoms with Crippen LogP contribution in [0.25, 0.3) is 0 Å². The third-order valence-electron chi connectivity index (χ3n) is 4.26. The molecule has 0 aliphatic carbocycles. The van der Waals surface area contributed by atoms with Gasteiger partial charge < -0.3 is 20.9 Å². The van der Waals surface area contributed by atoms with Crippen molar-refractivity contribution in [3.8, 4) is 0 Å². The molecule has 0 unspecified atom stereocenters. The second-order valence-corrected chi connectivity index (χ2v) is 6.44. The van der Waals surface area contributed by atoms with E-state index in [4.69, 9.17) is 0 Å². The molecule has 0 atom stereocenters. The monoisotopic (exact) mass is 360 g/mol. The fourth-order valence-corrected chi connectivity index (χ4v) is 2.82. The minimum atomic E-state index is -0.455. The first kappa shape index (κ1) is 19.8. The molecule has 0 bridgehead atoms. The highest BCUT2D eigenvalue weighted by Gasteiger charge is 2.17. The van der Waals surface area contributed by atoms with Gasteiger partial charge in [0.15, 0.2) is 0 Å². The summed E-state index contributed by atoms with van der Waals surface area (Å²) in [6.45, 7) is 4.09. The minimum absolute atomic E-state index is 0.0375. The maximum Gasteiger partial charge on any atom is 0.319 e. The fraction of sp³-hybridized carbons (Fsp3) is 0.526. The number of amides is 4. The molecule has 1 aliphatic heterocycles. The van der Waals surface area contributed by atoms with Crippen LogP contribution < -0.4 is 16.0 Å². The second kappa shape index (κ2) is 10.4. The van der Waals surface area contributed by atoms with E-state index in [9.17, 15) is 14.4 Å². The SMILES string of the molecule is CCCNC(=O)CNC(=O)Nc1ccc(C(=O)N2CCCCCC2)cc1. The summed E-state index contributed by atoms with van der Waals surface area (Å²) < 4.78 is 0. The van der Waals surface area contributed by atoms with Crippen molar-refractivity contribution in [3.63, 3.8) is 0 Å². The van der Waals surface area contributed by atoms with Crippen LogP contribution in [0.5, 0.6) is 0 Å². The lowest BCUT2D eigenvalue weighted by molar-refractivity contribution is -0.120. The van der Waals surface area contributed by atoms with Crippen LogP contribution in [0.4, 0.5) is 10.5 Å². The Balaban J connectivity index is 1.81. The van der Waals surface area contributed by atoms with Crippen LogP contribution in [0.15, 0.2) is 24.3 Å². The van der Waals surface area contributed by atoms with Crippen LogP contribution in [0, 0.1) is 0 Å². The number of anilines is 1. The number of carbonyl (C=O) groups excluding carboxylic acids is 3. The average molecular weight is 360 g/mol. The molecule has 2 rings (SSSR count). The number of hydrogen-bond acceptors (Lipinski definition) is 3. The van der Waals surface area contributed by atoms with Gasteiger partial charge in [-0.1, -0.05) is 19.8 Å². The number of carbonyl (C=O) groups is 3. The summed E-state index contributed by atoms with van der Waals surface area (Å²) in [5.74, 6) is -0.184. The Kier molecular flexibility index (Phi) is 7.92. The van der Waals surface area contributed by atoms with Crippen molar-refractivity contribution < 1.29 is 14.4 Å². The molecule has 1 aromatic rings. The van der Waals surface area contributed by atoms with E-state index in [0.717, 1.165) is 32.4 Å². The van der Waals surface area contributed by atoms with Gasteiger partial charge in [0.1, 0.15) is 0 Å². The lowest BCUT2D eigenvalue weighted by atomic mass is 10.1. The summed E-state index contributed by atoms with van der Waals surface area (Å²) in [6, 6.07) is 6.38. The first-order chi connectivity index (χ1) is 12.6. The van der Waals surface area contributed by atoms with Gasteiger partial charge in [0.05, 0.1) is 6.54 Å². The zero-order valence-corrected chi connectivity index (χ0v) is 15.3. The predicted octanol–water partition coefficient (Wildman–Crippen LogP) is 2.35. The largest absolute Gasteiger partial charge is 0.355 e. The minimum Gasteiger partial charge on any atom is -0.355 e. The van der Waals surface area contributed by atoms with Gasteiger partial charge in [-0.25, -0.2) is 4.79 Å². The number of nitrogens with one attached hydrogen (secondary N) is 3. The maximum absolute atomic E-state index is 12.5. The van der Waals surface area contributed by atoms with Gasteiger partial charge in [-0.15, -0.1) is 0 Å². The van der Waals surface area contributed by atoms with E-state index in [1.807, 2.05) is 11.8 Å². The highest BCUT2D eigenvalue weighted by atomic mass is 16.2. The molecule has 7 nitrogen and oxygen atoms in total. The van der Waals surface area contributed by atoms with Crippen molar-refractivity contribution in [2.45, 2.75) is 39.0 Å². The molecule has 1 heterocycles. The number of urea groups is 1. The van der Waals surface area contributed by atoms with E-state index in [2.05, 4.69) is 16.0 Å². The van der Waals surface area contributed by atoms with Crippen LogP contribution in [-0.4, -0.2) is 48.9 Å². The molecule has 7 heteroatoms. The first-order valence-corrected chi connectivity index (χ1v) is 9.31. The molecule has 1 aromatic carbocycles. The number of likely N-dealkylation sites (tertiary alicyclic amines) is 1. The molecule has 1 fully saturated rings. The van der Waals surface area contributed by atoms with Crippen LogP contribution in [0.2, 0.25) is 0 Å². The smallest absolute Gasteiger partial charge is 0.319 e. The van der Waals surface area contributed by atoms with Crippen LogP contribution in [0.3, 0.4) is 0 Å². The lowest BCUT2D eigenvalue weighted by Crippen LogP contribution is -2.39. The first-order valence-electron chi connectivity index (χ1n) is 9.31. The summed E-state index contributed by atoms with van der Waals surface area (Å²) in [7, 11) is 0. The van der Waals surface area contributed by atoms with Crippen molar-refractivity contribution >= 4 is 23.5 Å². The number of hydrogen-bond donors (Lipinski definition) is 3. The molecule has 0 spiro atoms. The molecule has 0 radical (unpaired) electrons. The second-order valence-electron chi connectivity index (χ2n) is 6.44. The number of rotatable bonds is 6. The quantitative estimate of drug-likeness (QED) is 0.727. The highest BCUT2D eigenvalue weighted by Crippen LogP contribution is 2.15. The van der Waals surface area contributed by atoms with E-state index in [1.54, 1.807) is 24.3 Å². The Bertz CT molecular complexity index is 608. The Labute approximate surface area is 154 Å². The molecule has 3 N–H and O–H groups in total. The topological polar surface area (TPSA) is 90.5 Å². The van der Waals surface area contributed by atoms with Crippen LogP contribution >= 0.6 is 0 Å². The molecule has 1 aliphatic rings. The normalized spacial score (nSPS) is 14.3. The summed E-state index contributed by atoms with van der Waals surface area (Å²) in [4.78, 5) is 37.7. The summed E-state index contributed by atoms with van der Waals surface area (Å²) in [6.07, 6.45) is 5.31. The standard InChI is InChI=1S/C19H28N4O3/c1-2-11-20-17(24)14-21-19(26)22-16-9-7-15(8-10-16)18(25)23-12-5-3-4-6-13-23/h7-10H,2-6,11-14H2,1H3,(H,20,24)(H2,21,22,26). The highest BCUT2D eigenvalue weighted by molar-refractivity contribution is 5.96. The zero-order chi connectivity index (χ0) is 18.8. The fourth-order valence-electron chi connectivity index (χ4n) is 2.82. The Morgan fingerprint density at radius 1 is 0.962 bits per heavy atom. The van der Waals surface area contributed by atoms with Crippen molar-refractivity contribution in [1.29, 1.82) is 0 Å². The van der Waals surface area contributed by atoms with Gasteiger partial charge >= 0.3 is 6.03 Å². The van der Waals surface area contributed by atoms with Gasteiger partial charge in [0.25, 0.3) is 5.91 Å². The molecular weight excluding hydrogens is 332 g/mol. The van der Waals surface area contributed by atoms with E-state index in [0.29, 0.717) is 17.8 Å². The average Bonchev–Trinajstić information content (AvgIpc) is 2.94. The van der Waals surface area contributed by atoms with E-state index < -0.39 is 6.03 Å². The number of benzene rings is 1. The summed E-state index contributed by atoms with van der Waals surface area (Å²) >= 11 is 0. The summed E-state index contributed by atoms with van der Waals surface area (Å²) in [5.41, 5.74) is 1.20. The molecule has 0 aromatic heterocycles.